The van der Waals surface area contributed by atoms with Crippen molar-refractivity contribution in [3.63, 3.8) is 0 Å². The molecule has 0 bridgehead atoms. The van der Waals surface area contributed by atoms with E-state index in [-0.39, 0.29) is 6.03 Å². The number of pyridine rings is 2. The molecule has 0 spiro atoms. The van der Waals surface area contributed by atoms with E-state index in [1.807, 2.05) is 57.2 Å². The van der Waals surface area contributed by atoms with Gasteiger partial charge in [0.15, 0.2) is 5.65 Å². The molecule has 8 nitrogen and oxygen atoms in total. The van der Waals surface area contributed by atoms with Gasteiger partial charge in [-0.25, -0.2) is 14.8 Å². The fourth-order valence-electron chi connectivity index (χ4n) is 4.06. The molecule has 2 aromatic heterocycles. The number of benzene rings is 2. The Labute approximate surface area is 223 Å². The number of hydrogen-bond donors (Lipinski definition) is 3. The van der Waals surface area contributed by atoms with E-state index < -0.39 is 5.54 Å². The van der Waals surface area contributed by atoms with Gasteiger partial charge in [0, 0.05) is 29.1 Å². The lowest BCUT2D eigenvalue weighted by molar-refractivity contribution is 0.243. The SMILES string of the molecule is COc1cc(OC)cc(-c2cc3ccc(NCCCc4ccccc4)nc3nc2NC(=O)NC(C)(C)C)c1. The van der Waals surface area contributed by atoms with E-state index in [2.05, 4.69) is 40.2 Å². The van der Waals surface area contributed by atoms with Crippen LogP contribution in [0.3, 0.4) is 0 Å². The third-order valence-corrected chi connectivity index (χ3v) is 5.85. The van der Waals surface area contributed by atoms with E-state index in [0.717, 1.165) is 41.7 Å². The van der Waals surface area contributed by atoms with Crippen LogP contribution >= 0.6 is 0 Å². The molecule has 3 N–H and O–H groups in total. The van der Waals surface area contributed by atoms with E-state index in [9.17, 15) is 4.79 Å². The summed E-state index contributed by atoms with van der Waals surface area (Å²) in [6.07, 6.45) is 1.97. The van der Waals surface area contributed by atoms with Crippen molar-refractivity contribution >= 4 is 28.7 Å². The standard InChI is InChI=1S/C30H35N5O3/c1-30(2,3)35-29(36)34-28-25(22-16-23(37-4)19-24(17-22)38-5)18-21-13-14-26(32-27(21)33-28)31-15-9-12-20-10-7-6-8-11-20/h6-8,10-11,13-14,16-19H,9,12,15H2,1-5H3,(H3,31,32,33,34,35,36). The molecule has 0 atom stereocenters. The Morgan fingerprint density at radius 3 is 2.26 bits per heavy atom. The molecule has 38 heavy (non-hydrogen) atoms. The number of amides is 2. The third-order valence-electron chi connectivity index (χ3n) is 5.85. The van der Waals surface area contributed by atoms with Crippen LogP contribution in [0.25, 0.3) is 22.2 Å². The van der Waals surface area contributed by atoms with Crippen LogP contribution in [0.5, 0.6) is 11.5 Å². The predicted octanol–water partition coefficient (Wildman–Crippen LogP) is 6.28. The molecule has 0 unspecified atom stereocenters. The van der Waals surface area contributed by atoms with Crippen LogP contribution in [0.1, 0.15) is 32.8 Å². The van der Waals surface area contributed by atoms with Gasteiger partial charge in [-0.15, -0.1) is 0 Å². The topological polar surface area (TPSA) is 97.4 Å². The third kappa shape index (κ3) is 7.12. The molecule has 8 heteroatoms. The highest BCUT2D eigenvalue weighted by Gasteiger charge is 2.18. The van der Waals surface area contributed by atoms with Crippen molar-refractivity contribution in [2.24, 2.45) is 0 Å². The number of aryl methyl sites for hydroxylation is 1. The molecule has 0 aliphatic heterocycles. The van der Waals surface area contributed by atoms with Gasteiger partial charge in [0.1, 0.15) is 23.1 Å². The summed E-state index contributed by atoms with van der Waals surface area (Å²) < 4.78 is 10.9. The van der Waals surface area contributed by atoms with Crippen molar-refractivity contribution in [2.75, 3.05) is 31.4 Å². The number of aromatic nitrogens is 2. The minimum absolute atomic E-state index is 0.351. The monoisotopic (exact) mass is 513 g/mol. The number of nitrogens with zero attached hydrogens (tertiary/aromatic N) is 2. The number of nitrogens with one attached hydrogen (secondary N) is 3. The molecule has 2 amide bonds. The summed E-state index contributed by atoms with van der Waals surface area (Å²) in [5, 5.41) is 10.1. The molecule has 2 aromatic carbocycles. The van der Waals surface area contributed by atoms with Crippen LogP contribution in [-0.4, -0.2) is 42.3 Å². The summed E-state index contributed by atoms with van der Waals surface area (Å²) in [7, 11) is 3.21. The number of ether oxygens (including phenoxy) is 2. The van der Waals surface area contributed by atoms with Gasteiger partial charge in [0.05, 0.1) is 14.2 Å². The lowest BCUT2D eigenvalue weighted by Gasteiger charge is -2.21. The largest absolute Gasteiger partial charge is 0.497 e. The molecule has 4 aromatic rings. The molecule has 0 aliphatic rings. The normalized spacial score (nSPS) is 11.2. The summed E-state index contributed by atoms with van der Waals surface area (Å²) in [5.74, 6) is 2.40. The maximum absolute atomic E-state index is 12.8. The van der Waals surface area contributed by atoms with E-state index in [1.54, 1.807) is 20.3 Å². The number of rotatable bonds is 9. The van der Waals surface area contributed by atoms with E-state index in [1.165, 1.54) is 5.56 Å². The first-order valence-corrected chi connectivity index (χ1v) is 12.7. The molecule has 0 aliphatic carbocycles. The Bertz CT molecular complexity index is 1380. The number of urea groups is 1. The summed E-state index contributed by atoms with van der Waals surface area (Å²) in [4.78, 5) is 22.3. The van der Waals surface area contributed by atoms with Gasteiger partial charge in [-0.2, -0.15) is 0 Å². The second-order valence-electron chi connectivity index (χ2n) is 10.1. The fourth-order valence-corrected chi connectivity index (χ4v) is 4.06. The molecule has 0 radical (unpaired) electrons. The number of carbonyl (C=O) groups excluding carboxylic acids is 1. The quantitative estimate of drug-likeness (QED) is 0.228. The number of methoxy groups -OCH3 is 2. The Hall–Kier alpha value is -4.33. The summed E-state index contributed by atoms with van der Waals surface area (Å²) in [5.41, 5.74) is 2.96. The highest BCUT2D eigenvalue weighted by Crippen LogP contribution is 2.35. The van der Waals surface area contributed by atoms with Gasteiger partial charge < -0.3 is 20.1 Å². The minimum Gasteiger partial charge on any atom is -0.497 e. The van der Waals surface area contributed by atoms with Gasteiger partial charge in [-0.3, -0.25) is 5.32 Å². The van der Waals surface area contributed by atoms with Gasteiger partial charge in [0.2, 0.25) is 0 Å². The van der Waals surface area contributed by atoms with Gasteiger partial charge >= 0.3 is 6.03 Å². The van der Waals surface area contributed by atoms with Crippen LogP contribution in [-0.2, 0) is 6.42 Å². The molecule has 0 saturated heterocycles. The second-order valence-corrected chi connectivity index (χ2v) is 10.1. The first-order valence-electron chi connectivity index (χ1n) is 12.7. The van der Waals surface area contributed by atoms with Crippen molar-refractivity contribution in [1.82, 2.24) is 15.3 Å². The van der Waals surface area contributed by atoms with Crippen LogP contribution in [0.4, 0.5) is 16.4 Å². The lowest BCUT2D eigenvalue weighted by atomic mass is 10.0. The molecular weight excluding hydrogens is 478 g/mol. The first kappa shape index (κ1) is 26.7. The molecule has 2 heterocycles. The summed E-state index contributed by atoms with van der Waals surface area (Å²) in [6.45, 7) is 6.55. The Balaban J connectivity index is 1.63. The van der Waals surface area contributed by atoms with Crippen molar-refractivity contribution in [1.29, 1.82) is 0 Å². The minimum atomic E-state index is -0.407. The zero-order valence-corrected chi connectivity index (χ0v) is 22.6. The van der Waals surface area contributed by atoms with E-state index in [0.29, 0.717) is 23.0 Å². The molecule has 0 saturated carbocycles. The van der Waals surface area contributed by atoms with Crippen LogP contribution in [0.15, 0.2) is 66.7 Å². The van der Waals surface area contributed by atoms with E-state index in [4.69, 9.17) is 19.4 Å². The lowest BCUT2D eigenvalue weighted by Crippen LogP contribution is -2.43. The van der Waals surface area contributed by atoms with Gasteiger partial charge in [-0.1, -0.05) is 30.3 Å². The zero-order valence-electron chi connectivity index (χ0n) is 22.6. The summed E-state index contributed by atoms with van der Waals surface area (Å²) >= 11 is 0. The maximum Gasteiger partial charge on any atom is 0.320 e. The molecule has 0 fully saturated rings. The smallest absolute Gasteiger partial charge is 0.320 e. The van der Waals surface area contributed by atoms with Gasteiger partial charge in [0.25, 0.3) is 0 Å². The average molecular weight is 514 g/mol. The van der Waals surface area contributed by atoms with Crippen molar-refractivity contribution in [3.05, 3.63) is 72.3 Å². The Morgan fingerprint density at radius 1 is 0.895 bits per heavy atom. The van der Waals surface area contributed by atoms with E-state index >= 15 is 0 Å². The van der Waals surface area contributed by atoms with Crippen molar-refractivity contribution in [2.45, 2.75) is 39.2 Å². The Morgan fingerprint density at radius 2 is 1.61 bits per heavy atom. The fraction of sp³-hybridized carbons (Fsp3) is 0.300. The van der Waals surface area contributed by atoms with Crippen LogP contribution < -0.4 is 25.4 Å². The van der Waals surface area contributed by atoms with Gasteiger partial charge in [-0.05, 0) is 75.1 Å². The number of anilines is 2. The van der Waals surface area contributed by atoms with Crippen LogP contribution in [0.2, 0.25) is 0 Å². The number of fused-ring (bicyclic) bond motifs is 1. The van der Waals surface area contributed by atoms with Crippen LogP contribution in [0, 0.1) is 0 Å². The zero-order chi connectivity index (χ0) is 27.1. The number of hydrogen-bond acceptors (Lipinski definition) is 6. The average Bonchev–Trinajstić information content (AvgIpc) is 2.89. The molecule has 198 valence electrons. The highest BCUT2D eigenvalue weighted by atomic mass is 16.5. The molecule has 4 rings (SSSR count). The Kier molecular flexibility index (Phi) is 8.31. The molecular formula is C30H35N5O3. The van der Waals surface area contributed by atoms with Crippen molar-refractivity contribution in [3.8, 4) is 22.6 Å². The first-order chi connectivity index (χ1) is 18.2. The second kappa shape index (κ2) is 11.8. The predicted molar refractivity (Wildman–Crippen MR) is 153 cm³/mol. The van der Waals surface area contributed by atoms with Crippen molar-refractivity contribution < 1.29 is 14.3 Å². The summed E-state index contributed by atoms with van der Waals surface area (Å²) in [6, 6.07) is 21.5. The number of carbonyl (C=O) groups is 1. The maximum atomic E-state index is 12.8. The highest BCUT2D eigenvalue weighted by molar-refractivity contribution is 5.97.